The molecule has 0 radical (unpaired) electrons. The number of rotatable bonds is 9. The molecule has 1 aromatic rings. The molecule has 0 saturated carbocycles. The van der Waals surface area contributed by atoms with Crippen LogP contribution in [0.5, 0.6) is 5.75 Å². The van der Waals surface area contributed by atoms with Crippen molar-refractivity contribution in [1.29, 1.82) is 0 Å². The highest BCUT2D eigenvalue weighted by Crippen LogP contribution is 2.23. The van der Waals surface area contributed by atoms with Crippen LogP contribution in [0.15, 0.2) is 24.3 Å². The van der Waals surface area contributed by atoms with Crippen LogP contribution < -0.4 is 15.4 Å². The van der Waals surface area contributed by atoms with Gasteiger partial charge in [0.1, 0.15) is 5.75 Å². The molecule has 0 saturated heterocycles. The van der Waals surface area contributed by atoms with E-state index in [0.29, 0.717) is 19.1 Å². The number of hydrogen-bond donors (Lipinski definition) is 1. The largest absolute Gasteiger partial charge is 0.493 e. The fraction of sp³-hybridized carbons (Fsp3) is 0.650. The van der Waals surface area contributed by atoms with Crippen LogP contribution in [0.25, 0.3) is 0 Å². The van der Waals surface area contributed by atoms with Crippen molar-refractivity contribution in [2.45, 2.75) is 48.0 Å². The zero-order valence-corrected chi connectivity index (χ0v) is 16.1. The Bertz CT molecular complexity index is 503. The Labute approximate surface area is 147 Å². The summed E-state index contributed by atoms with van der Waals surface area (Å²) in [6, 6.07) is 8.12. The van der Waals surface area contributed by atoms with E-state index in [4.69, 9.17) is 10.5 Å². The van der Waals surface area contributed by atoms with Crippen molar-refractivity contribution < 1.29 is 9.53 Å². The van der Waals surface area contributed by atoms with Gasteiger partial charge in [0, 0.05) is 18.8 Å². The first kappa shape index (κ1) is 20.3. The summed E-state index contributed by atoms with van der Waals surface area (Å²) in [4.78, 5) is 13.7. The number of carbonyl (C=O) groups excluding carboxylic acids is 1. The molecule has 1 amide bonds. The quantitative estimate of drug-likeness (QED) is 0.740. The normalized spacial score (nSPS) is 13.0. The maximum absolute atomic E-state index is 11.4. The molecule has 0 aromatic heterocycles. The van der Waals surface area contributed by atoms with Gasteiger partial charge in [-0.15, -0.1) is 0 Å². The number of nitrogens with zero attached hydrogens (tertiary/aromatic N) is 1. The molecule has 24 heavy (non-hydrogen) atoms. The van der Waals surface area contributed by atoms with Crippen molar-refractivity contribution in [3.63, 3.8) is 0 Å². The van der Waals surface area contributed by atoms with Crippen LogP contribution in [0.2, 0.25) is 0 Å². The number of primary amides is 1. The monoisotopic (exact) mass is 334 g/mol. The predicted octanol–water partition coefficient (Wildman–Crippen LogP) is 4.09. The first-order chi connectivity index (χ1) is 11.1. The summed E-state index contributed by atoms with van der Waals surface area (Å²) >= 11 is 0. The van der Waals surface area contributed by atoms with E-state index in [1.807, 2.05) is 19.1 Å². The van der Waals surface area contributed by atoms with Crippen molar-refractivity contribution in [1.82, 2.24) is 0 Å². The molecule has 0 aliphatic rings. The van der Waals surface area contributed by atoms with E-state index in [1.165, 1.54) is 0 Å². The maximum Gasteiger partial charge on any atom is 0.222 e. The fourth-order valence-corrected chi connectivity index (χ4v) is 2.21. The number of anilines is 1. The highest BCUT2D eigenvalue weighted by Gasteiger charge is 2.16. The Morgan fingerprint density at radius 2 is 1.75 bits per heavy atom. The van der Waals surface area contributed by atoms with Crippen molar-refractivity contribution in [3.8, 4) is 5.75 Å². The molecule has 0 fully saturated rings. The Kier molecular flexibility index (Phi) is 7.59. The van der Waals surface area contributed by atoms with Gasteiger partial charge >= 0.3 is 0 Å². The van der Waals surface area contributed by atoms with Crippen molar-refractivity contribution in [3.05, 3.63) is 24.3 Å². The second-order valence-electron chi connectivity index (χ2n) is 8.28. The van der Waals surface area contributed by atoms with Crippen LogP contribution >= 0.6 is 0 Å². The molecule has 2 N–H and O–H groups in total. The average Bonchev–Trinajstić information content (AvgIpc) is 2.48. The number of carbonyl (C=O) groups is 1. The minimum Gasteiger partial charge on any atom is -0.493 e. The molecule has 4 nitrogen and oxygen atoms in total. The molecule has 1 rings (SSSR count). The van der Waals surface area contributed by atoms with Gasteiger partial charge in [0.05, 0.1) is 12.5 Å². The first-order valence-corrected chi connectivity index (χ1v) is 8.85. The summed E-state index contributed by atoms with van der Waals surface area (Å²) in [6.07, 6.45) is 1.08. The lowest BCUT2D eigenvalue weighted by Gasteiger charge is -2.28. The van der Waals surface area contributed by atoms with Crippen LogP contribution in [0.4, 0.5) is 5.69 Å². The molecule has 4 heteroatoms. The SMILES string of the molecule is CC(C)CCN(CC(C)C(N)=O)c1ccc(OCC(C)(C)C)cc1. The summed E-state index contributed by atoms with van der Waals surface area (Å²) in [5, 5.41) is 0. The van der Waals surface area contributed by atoms with Gasteiger partial charge in [-0.05, 0) is 42.0 Å². The molecule has 0 aliphatic carbocycles. The van der Waals surface area contributed by atoms with E-state index in [1.54, 1.807) is 0 Å². The maximum atomic E-state index is 11.4. The Morgan fingerprint density at radius 1 is 1.17 bits per heavy atom. The average molecular weight is 335 g/mol. The van der Waals surface area contributed by atoms with Gasteiger partial charge in [-0.25, -0.2) is 0 Å². The molecule has 1 atom stereocenters. The van der Waals surface area contributed by atoms with Crippen LogP contribution in [-0.2, 0) is 4.79 Å². The molecule has 1 unspecified atom stereocenters. The van der Waals surface area contributed by atoms with Crippen molar-refractivity contribution >= 4 is 11.6 Å². The molecule has 136 valence electrons. The zero-order chi connectivity index (χ0) is 18.3. The lowest BCUT2D eigenvalue weighted by atomic mass is 9.99. The summed E-state index contributed by atoms with van der Waals surface area (Å²) in [6.45, 7) is 15.0. The van der Waals surface area contributed by atoms with Gasteiger partial charge < -0.3 is 15.4 Å². The van der Waals surface area contributed by atoms with E-state index in [2.05, 4.69) is 51.7 Å². The summed E-state index contributed by atoms with van der Waals surface area (Å²) in [7, 11) is 0. The number of benzene rings is 1. The molecule has 0 heterocycles. The van der Waals surface area contributed by atoms with Gasteiger partial charge in [0.2, 0.25) is 5.91 Å². The highest BCUT2D eigenvalue weighted by molar-refractivity contribution is 5.77. The second-order valence-corrected chi connectivity index (χ2v) is 8.28. The van der Waals surface area contributed by atoms with E-state index in [0.717, 1.165) is 24.4 Å². The van der Waals surface area contributed by atoms with Gasteiger partial charge in [0.15, 0.2) is 0 Å². The number of ether oxygens (including phenoxy) is 1. The third kappa shape index (κ3) is 7.71. The van der Waals surface area contributed by atoms with Crippen molar-refractivity contribution in [2.24, 2.45) is 23.0 Å². The van der Waals surface area contributed by atoms with Crippen LogP contribution in [0.1, 0.15) is 48.0 Å². The molecular formula is C20H34N2O2. The minimum atomic E-state index is -0.255. The Morgan fingerprint density at radius 3 is 2.21 bits per heavy atom. The third-order valence-corrected chi connectivity index (χ3v) is 3.83. The van der Waals surface area contributed by atoms with Crippen LogP contribution in [0.3, 0.4) is 0 Å². The summed E-state index contributed by atoms with van der Waals surface area (Å²) in [5.74, 6) is 1.06. The van der Waals surface area contributed by atoms with Gasteiger partial charge in [-0.2, -0.15) is 0 Å². The fourth-order valence-electron chi connectivity index (χ4n) is 2.21. The summed E-state index contributed by atoms with van der Waals surface area (Å²) in [5.41, 5.74) is 6.68. The second kappa shape index (κ2) is 8.95. The molecule has 0 bridgehead atoms. The van der Waals surface area contributed by atoms with E-state index in [-0.39, 0.29) is 17.2 Å². The van der Waals surface area contributed by atoms with Gasteiger partial charge in [0.25, 0.3) is 0 Å². The standard InChI is InChI=1S/C20H34N2O2/c1-15(2)11-12-22(13-16(3)19(21)23)17-7-9-18(10-8-17)24-14-20(4,5)6/h7-10,15-16H,11-14H2,1-6H3,(H2,21,23). The minimum absolute atomic E-state index is 0.138. The predicted molar refractivity (Wildman–Crippen MR) is 101 cm³/mol. The van der Waals surface area contributed by atoms with Crippen LogP contribution in [0, 0.1) is 17.3 Å². The lowest BCUT2D eigenvalue weighted by Crippen LogP contribution is -2.35. The first-order valence-electron chi connectivity index (χ1n) is 8.85. The highest BCUT2D eigenvalue weighted by atomic mass is 16.5. The van der Waals surface area contributed by atoms with E-state index in [9.17, 15) is 4.79 Å². The van der Waals surface area contributed by atoms with E-state index < -0.39 is 0 Å². The van der Waals surface area contributed by atoms with Gasteiger partial charge in [-0.3, -0.25) is 4.79 Å². The van der Waals surface area contributed by atoms with Gasteiger partial charge in [-0.1, -0.05) is 41.5 Å². The topological polar surface area (TPSA) is 55.6 Å². The number of amides is 1. The lowest BCUT2D eigenvalue weighted by molar-refractivity contribution is -0.121. The molecule has 0 aliphatic heterocycles. The molecular weight excluding hydrogens is 300 g/mol. The Hall–Kier alpha value is -1.71. The molecule has 1 aromatic carbocycles. The number of nitrogens with two attached hydrogens (primary N) is 1. The molecule has 0 spiro atoms. The third-order valence-electron chi connectivity index (χ3n) is 3.83. The van der Waals surface area contributed by atoms with Crippen molar-refractivity contribution in [2.75, 3.05) is 24.6 Å². The Balaban J connectivity index is 2.79. The smallest absolute Gasteiger partial charge is 0.222 e. The van der Waals surface area contributed by atoms with Crippen LogP contribution in [-0.4, -0.2) is 25.6 Å². The summed E-state index contributed by atoms with van der Waals surface area (Å²) < 4.78 is 5.83. The van der Waals surface area contributed by atoms with E-state index >= 15 is 0 Å². The zero-order valence-electron chi connectivity index (χ0n) is 16.1. The number of hydrogen-bond acceptors (Lipinski definition) is 3.